The third-order valence-corrected chi connectivity index (χ3v) is 3.82. The molecule has 21 heavy (non-hydrogen) atoms. The minimum absolute atomic E-state index is 0.0692. The number of hydrogen-bond acceptors (Lipinski definition) is 6. The van der Waals surface area contributed by atoms with Crippen molar-refractivity contribution >= 4 is 22.0 Å². The minimum atomic E-state index is -3.78. The summed E-state index contributed by atoms with van der Waals surface area (Å²) in [7, 11) is -3.78. The molecule has 0 amide bonds. The van der Waals surface area contributed by atoms with E-state index >= 15 is 0 Å². The molecule has 0 aliphatic carbocycles. The van der Waals surface area contributed by atoms with Gasteiger partial charge in [-0.15, -0.1) is 0 Å². The normalized spacial score (nSPS) is 11.3. The minimum Gasteiger partial charge on any atom is -0.481 e. The van der Waals surface area contributed by atoms with E-state index in [1.807, 2.05) is 0 Å². The molecule has 0 aliphatic heterocycles. The zero-order chi connectivity index (χ0) is 15.9. The number of carboxylic acids is 1. The number of ether oxygens (including phenoxy) is 1. The Morgan fingerprint density at radius 3 is 2.76 bits per heavy atom. The van der Waals surface area contributed by atoms with Crippen molar-refractivity contribution in [1.82, 2.24) is 14.5 Å². The van der Waals surface area contributed by atoms with Crippen LogP contribution in [0.15, 0.2) is 17.3 Å². The molecule has 0 unspecified atom stereocenters. The van der Waals surface area contributed by atoms with Crippen molar-refractivity contribution in [3.05, 3.63) is 12.4 Å². The van der Waals surface area contributed by atoms with E-state index in [2.05, 4.69) is 14.6 Å². The van der Waals surface area contributed by atoms with Crippen LogP contribution in [0.2, 0.25) is 0 Å². The van der Waals surface area contributed by atoms with Crippen molar-refractivity contribution in [2.24, 2.45) is 0 Å². The van der Waals surface area contributed by atoms with Crippen molar-refractivity contribution in [2.75, 3.05) is 13.2 Å². The molecule has 1 heterocycles. The number of nitrogens with one attached hydrogen (secondary N) is 1. The first-order chi connectivity index (χ1) is 9.85. The van der Waals surface area contributed by atoms with Gasteiger partial charge in [0.1, 0.15) is 4.90 Å². The monoisotopic (exact) mass is 319 g/mol. The maximum absolute atomic E-state index is 11.9. The summed E-state index contributed by atoms with van der Waals surface area (Å²) in [4.78, 5) is 21.4. The van der Waals surface area contributed by atoms with E-state index in [9.17, 15) is 18.0 Å². The second-order valence-corrected chi connectivity index (χ2v) is 5.80. The highest BCUT2D eigenvalue weighted by atomic mass is 32.2. The SMILES string of the molecule is CCOC(=O)CCNS(=O)(=O)c1cnn(CCC(=O)O)c1. The van der Waals surface area contributed by atoms with Gasteiger partial charge in [0.05, 0.1) is 32.2 Å². The Hall–Kier alpha value is -1.94. The van der Waals surface area contributed by atoms with E-state index < -0.39 is 22.0 Å². The highest BCUT2D eigenvalue weighted by molar-refractivity contribution is 7.89. The standard InChI is InChI=1S/C11H17N3O6S/c1-2-20-11(17)3-5-13-21(18,19)9-7-12-14(8-9)6-4-10(15)16/h7-8,13H,2-6H2,1H3,(H,15,16). The Morgan fingerprint density at radius 2 is 2.14 bits per heavy atom. The zero-order valence-corrected chi connectivity index (χ0v) is 12.3. The summed E-state index contributed by atoms with van der Waals surface area (Å²) < 4.78 is 31.9. The van der Waals surface area contributed by atoms with Crippen LogP contribution in [0.5, 0.6) is 0 Å². The molecule has 10 heteroatoms. The van der Waals surface area contributed by atoms with Crippen LogP contribution in [0.1, 0.15) is 19.8 Å². The van der Waals surface area contributed by atoms with Gasteiger partial charge in [0.25, 0.3) is 0 Å². The molecule has 0 saturated carbocycles. The predicted molar refractivity (Wildman–Crippen MR) is 70.9 cm³/mol. The molecule has 1 aromatic rings. The Morgan fingerprint density at radius 1 is 1.43 bits per heavy atom. The van der Waals surface area contributed by atoms with Gasteiger partial charge >= 0.3 is 11.9 Å². The predicted octanol–water partition coefficient (Wildman–Crippen LogP) is -0.411. The van der Waals surface area contributed by atoms with Gasteiger partial charge in [0.15, 0.2) is 0 Å². The molecule has 0 aliphatic rings. The van der Waals surface area contributed by atoms with Crippen molar-refractivity contribution in [1.29, 1.82) is 0 Å². The fourth-order valence-corrected chi connectivity index (χ4v) is 2.40. The molecule has 0 saturated heterocycles. The first-order valence-electron chi connectivity index (χ1n) is 6.24. The number of aryl methyl sites for hydroxylation is 1. The van der Waals surface area contributed by atoms with Crippen LogP contribution in [0.4, 0.5) is 0 Å². The van der Waals surface area contributed by atoms with Crippen molar-refractivity contribution in [2.45, 2.75) is 31.2 Å². The molecule has 0 spiro atoms. The first-order valence-corrected chi connectivity index (χ1v) is 7.73. The van der Waals surface area contributed by atoms with Gasteiger partial charge in [0, 0.05) is 12.7 Å². The Balaban J connectivity index is 2.54. The zero-order valence-electron chi connectivity index (χ0n) is 11.5. The molecule has 0 bridgehead atoms. The topological polar surface area (TPSA) is 128 Å². The summed E-state index contributed by atoms with van der Waals surface area (Å²) in [6.45, 7) is 1.89. The lowest BCUT2D eigenvalue weighted by Crippen LogP contribution is -2.26. The van der Waals surface area contributed by atoms with Crippen molar-refractivity contribution < 1.29 is 27.9 Å². The van der Waals surface area contributed by atoms with Crippen LogP contribution < -0.4 is 4.72 Å². The molecule has 0 aromatic carbocycles. The lowest BCUT2D eigenvalue weighted by molar-refractivity contribution is -0.143. The van der Waals surface area contributed by atoms with Crippen LogP contribution in [-0.2, 0) is 30.9 Å². The first kappa shape index (κ1) is 17.1. The molecule has 1 rings (SSSR count). The average Bonchev–Trinajstić information content (AvgIpc) is 2.86. The van der Waals surface area contributed by atoms with Crippen LogP contribution >= 0.6 is 0 Å². The highest BCUT2D eigenvalue weighted by Crippen LogP contribution is 2.07. The summed E-state index contributed by atoms with van der Waals surface area (Å²) in [5.74, 6) is -1.49. The Kier molecular flexibility index (Phi) is 6.31. The van der Waals surface area contributed by atoms with Gasteiger partial charge < -0.3 is 9.84 Å². The number of nitrogens with zero attached hydrogens (tertiary/aromatic N) is 2. The van der Waals surface area contributed by atoms with Gasteiger partial charge in [0.2, 0.25) is 10.0 Å². The number of carboxylic acid groups (broad SMARTS) is 1. The second kappa shape index (κ2) is 7.74. The summed E-state index contributed by atoms with van der Waals surface area (Å²) in [5.41, 5.74) is 0. The average molecular weight is 319 g/mol. The van der Waals surface area contributed by atoms with Crippen LogP contribution in [0, 0.1) is 0 Å². The lowest BCUT2D eigenvalue weighted by atomic mass is 10.4. The largest absolute Gasteiger partial charge is 0.481 e. The van der Waals surface area contributed by atoms with Crippen molar-refractivity contribution in [3.63, 3.8) is 0 Å². The smallest absolute Gasteiger partial charge is 0.307 e. The molecule has 118 valence electrons. The maximum Gasteiger partial charge on any atom is 0.307 e. The summed E-state index contributed by atoms with van der Waals surface area (Å²) >= 11 is 0. The van der Waals surface area contributed by atoms with Crippen LogP contribution in [0.25, 0.3) is 0 Å². The summed E-state index contributed by atoms with van der Waals surface area (Å²) in [5, 5.41) is 12.3. The Labute approximate surface area is 121 Å². The molecule has 0 fully saturated rings. The molecule has 9 nitrogen and oxygen atoms in total. The quantitative estimate of drug-likeness (QED) is 0.592. The number of aliphatic carboxylic acids is 1. The number of sulfonamides is 1. The van der Waals surface area contributed by atoms with E-state index in [1.165, 1.54) is 10.9 Å². The number of carbonyl (C=O) groups excluding carboxylic acids is 1. The molecule has 0 radical (unpaired) electrons. The van der Waals surface area contributed by atoms with Crippen LogP contribution in [-0.4, -0.2) is 48.4 Å². The molecular formula is C11H17N3O6S. The van der Waals surface area contributed by atoms with Gasteiger partial charge in [-0.2, -0.15) is 5.10 Å². The van der Waals surface area contributed by atoms with E-state index in [0.717, 1.165) is 6.20 Å². The van der Waals surface area contributed by atoms with Crippen LogP contribution in [0.3, 0.4) is 0 Å². The second-order valence-electron chi connectivity index (χ2n) is 4.04. The highest BCUT2D eigenvalue weighted by Gasteiger charge is 2.17. The van der Waals surface area contributed by atoms with E-state index in [1.54, 1.807) is 6.92 Å². The van der Waals surface area contributed by atoms with Gasteiger partial charge in [-0.1, -0.05) is 0 Å². The third-order valence-electron chi connectivity index (χ3n) is 2.40. The lowest BCUT2D eigenvalue weighted by Gasteiger charge is -2.04. The molecule has 2 N–H and O–H groups in total. The number of esters is 1. The number of hydrogen-bond donors (Lipinski definition) is 2. The van der Waals surface area contributed by atoms with Gasteiger partial charge in [-0.25, -0.2) is 13.1 Å². The molecular weight excluding hydrogens is 302 g/mol. The van der Waals surface area contributed by atoms with Gasteiger partial charge in [-0.3, -0.25) is 14.3 Å². The number of aromatic nitrogens is 2. The van der Waals surface area contributed by atoms with E-state index in [-0.39, 0.29) is 37.4 Å². The molecule has 1 aromatic heterocycles. The maximum atomic E-state index is 11.9. The van der Waals surface area contributed by atoms with E-state index in [0.29, 0.717) is 0 Å². The fraction of sp³-hybridized carbons (Fsp3) is 0.545. The molecule has 0 atom stereocenters. The fourth-order valence-electron chi connectivity index (χ4n) is 1.42. The third kappa shape index (κ3) is 5.92. The number of rotatable bonds is 9. The van der Waals surface area contributed by atoms with Gasteiger partial charge in [-0.05, 0) is 6.92 Å². The van der Waals surface area contributed by atoms with Crippen molar-refractivity contribution in [3.8, 4) is 0 Å². The summed E-state index contributed by atoms with van der Waals surface area (Å²) in [6.07, 6.45) is 2.13. The number of carbonyl (C=O) groups is 2. The summed E-state index contributed by atoms with van der Waals surface area (Å²) in [6, 6.07) is 0. The Bertz CT molecular complexity index is 595. The van der Waals surface area contributed by atoms with E-state index in [4.69, 9.17) is 5.11 Å².